The van der Waals surface area contributed by atoms with Crippen molar-refractivity contribution in [2.45, 2.75) is 25.7 Å². The molecule has 30 heavy (non-hydrogen) atoms. The van der Waals surface area contributed by atoms with Gasteiger partial charge < -0.3 is 14.5 Å². The van der Waals surface area contributed by atoms with Crippen LogP contribution in [0.5, 0.6) is 0 Å². The van der Waals surface area contributed by atoms with Gasteiger partial charge in [0.15, 0.2) is 5.78 Å². The molecule has 1 atom stereocenters. The molecule has 0 radical (unpaired) electrons. The highest BCUT2D eigenvalue weighted by Gasteiger charge is 2.30. The van der Waals surface area contributed by atoms with E-state index >= 15 is 0 Å². The minimum Gasteiger partial charge on any atom is -0.450 e. The van der Waals surface area contributed by atoms with Gasteiger partial charge in [-0.2, -0.15) is 0 Å². The molecule has 2 aromatic rings. The van der Waals surface area contributed by atoms with Crippen LogP contribution in [0.2, 0.25) is 0 Å². The van der Waals surface area contributed by atoms with Crippen molar-refractivity contribution in [3.8, 4) is 0 Å². The van der Waals surface area contributed by atoms with Crippen molar-refractivity contribution in [1.82, 2.24) is 14.9 Å². The normalized spacial score (nSPS) is 18.9. The molecule has 1 aliphatic heterocycles. The Balaban J connectivity index is 1.51. The first-order chi connectivity index (χ1) is 14.4. The third-order valence-electron chi connectivity index (χ3n) is 5.47. The molecule has 4 rings (SSSR count). The number of fused-ring (bicyclic) bond motifs is 1. The van der Waals surface area contributed by atoms with Crippen molar-refractivity contribution in [2.24, 2.45) is 0 Å². The summed E-state index contributed by atoms with van der Waals surface area (Å²) in [5.41, 5.74) is 1.49. The van der Waals surface area contributed by atoms with Crippen LogP contribution in [0.25, 0.3) is 0 Å². The Morgan fingerprint density at radius 3 is 2.50 bits per heavy atom. The van der Waals surface area contributed by atoms with E-state index in [1.807, 2.05) is 4.90 Å². The monoisotopic (exact) mass is 416 g/mol. The van der Waals surface area contributed by atoms with Crippen LogP contribution in [0.4, 0.5) is 19.5 Å². The Labute approximate surface area is 172 Å². The Kier molecular flexibility index (Phi) is 5.61. The molecule has 0 bridgehead atoms. The Morgan fingerprint density at radius 2 is 1.83 bits per heavy atom. The SMILES string of the molecule is CCOC(=O)N1CCN(c2ncc3c(n2)C[C@@H](c2cc(F)cc(F)c2)CC3=O)CC1. The first-order valence-corrected chi connectivity index (χ1v) is 9.96. The average molecular weight is 416 g/mol. The highest BCUT2D eigenvalue weighted by molar-refractivity contribution is 5.98. The molecule has 9 heteroatoms. The van der Waals surface area contributed by atoms with E-state index < -0.39 is 11.6 Å². The van der Waals surface area contributed by atoms with Crippen LogP contribution in [0.15, 0.2) is 24.4 Å². The van der Waals surface area contributed by atoms with E-state index in [-0.39, 0.29) is 24.2 Å². The van der Waals surface area contributed by atoms with E-state index in [9.17, 15) is 18.4 Å². The van der Waals surface area contributed by atoms with Crippen LogP contribution < -0.4 is 4.90 Å². The number of carbonyl (C=O) groups is 2. The first kappa shape index (κ1) is 20.2. The first-order valence-electron chi connectivity index (χ1n) is 9.96. The molecule has 0 N–H and O–H groups in total. The highest BCUT2D eigenvalue weighted by Crippen LogP contribution is 2.33. The lowest BCUT2D eigenvalue weighted by Crippen LogP contribution is -2.49. The molecule has 2 aliphatic rings. The summed E-state index contributed by atoms with van der Waals surface area (Å²) in [5, 5.41) is 0. The summed E-state index contributed by atoms with van der Waals surface area (Å²) in [7, 11) is 0. The summed E-state index contributed by atoms with van der Waals surface area (Å²) in [6, 6.07) is 3.35. The summed E-state index contributed by atoms with van der Waals surface area (Å²) in [6.45, 7) is 4.17. The van der Waals surface area contributed by atoms with Gasteiger partial charge in [0.25, 0.3) is 0 Å². The number of ketones is 1. The van der Waals surface area contributed by atoms with Gasteiger partial charge in [-0.15, -0.1) is 0 Å². The third kappa shape index (κ3) is 4.10. The fourth-order valence-electron chi connectivity index (χ4n) is 3.94. The van der Waals surface area contributed by atoms with Gasteiger partial charge in [-0.1, -0.05) is 0 Å². The lowest BCUT2D eigenvalue weighted by molar-refractivity contribution is 0.0961. The topological polar surface area (TPSA) is 75.6 Å². The van der Waals surface area contributed by atoms with Gasteiger partial charge in [0.05, 0.1) is 17.9 Å². The van der Waals surface area contributed by atoms with Gasteiger partial charge in [0.2, 0.25) is 5.95 Å². The summed E-state index contributed by atoms with van der Waals surface area (Å²) < 4.78 is 32.3. The number of benzene rings is 1. The van der Waals surface area contributed by atoms with Crippen LogP contribution in [0.1, 0.15) is 40.9 Å². The van der Waals surface area contributed by atoms with E-state index in [1.165, 1.54) is 18.3 Å². The molecule has 1 aromatic heterocycles. The van der Waals surface area contributed by atoms with Crippen LogP contribution in [0, 0.1) is 11.6 Å². The summed E-state index contributed by atoms with van der Waals surface area (Å²) in [4.78, 5) is 36.9. The minimum atomic E-state index is -0.661. The standard InChI is InChI=1S/C21H22F2N4O3/c1-2-30-21(29)27-5-3-26(4-6-27)20-24-12-17-18(25-20)9-14(10-19(17)28)13-7-15(22)11-16(23)8-13/h7-8,11-12,14H,2-6,9-10H2,1H3/t14-/m1/s1. The second kappa shape index (κ2) is 8.33. The van der Waals surface area contributed by atoms with E-state index in [2.05, 4.69) is 9.97 Å². The number of ether oxygens (including phenoxy) is 1. The van der Waals surface area contributed by atoms with Crippen molar-refractivity contribution < 1.29 is 23.1 Å². The van der Waals surface area contributed by atoms with Crippen molar-refractivity contribution in [1.29, 1.82) is 0 Å². The summed E-state index contributed by atoms with van der Waals surface area (Å²) in [6.07, 6.45) is 1.76. The number of halogens is 2. The van der Waals surface area contributed by atoms with Gasteiger partial charge in [-0.25, -0.2) is 23.5 Å². The molecular weight excluding hydrogens is 394 g/mol. The number of nitrogens with zero attached hydrogens (tertiary/aromatic N) is 4. The predicted molar refractivity (Wildman–Crippen MR) is 105 cm³/mol. The molecule has 1 amide bonds. The maximum Gasteiger partial charge on any atom is 0.409 e. The molecular formula is C21H22F2N4O3. The number of aromatic nitrogens is 2. The molecule has 2 heterocycles. The van der Waals surface area contributed by atoms with Crippen molar-refractivity contribution in [3.63, 3.8) is 0 Å². The van der Waals surface area contributed by atoms with Gasteiger partial charge in [-0.05, 0) is 37.0 Å². The molecule has 1 fully saturated rings. The molecule has 1 saturated heterocycles. The summed E-state index contributed by atoms with van der Waals surface area (Å²) in [5.74, 6) is -1.31. The second-order valence-electron chi connectivity index (χ2n) is 7.43. The van der Waals surface area contributed by atoms with E-state index in [4.69, 9.17) is 4.74 Å². The largest absolute Gasteiger partial charge is 0.450 e. The number of anilines is 1. The second-order valence-corrected chi connectivity index (χ2v) is 7.43. The number of hydrogen-bond acceptors (Lipinski definition) is 6. The summed E-state index contributed by atoms with van der Waals surface area (Å²) >= 11 is 0. The van der Waals surface area contributed by atoms with Gasteiger partial charge in [0.1, 0.15) is 11.6 Å². The number of piperazine rings is 1. The zero-order valence-electron chi connectivity index (χ0n) is 16.6. The van der Waals surface area contributed by atoms with Gasteiger partial charge in [0, 0.05) is 44.9 Å². The van der Waals surface area contributed by atoms with Crippen molar-refractivity contribution in [2.75, 3.05) is 37.7 Å². The zero-order valence-corrected chi connectivity index (χ0v) is 16.6. The minimum absolute atomic E-state index is 0.135. The Hall–Kier alpha value is -3.10. The van der Waals surface area contributed by atoms with E-state index in [1.54, 1.807) is 11.8 Å². The molecule has 0 unspecified atom stereocenters. The molecule has 0 saturated carbocycles. The van der Waals surface area contributed by atoms with Gasteiger partial charge >= 0.3 is 6.09 Å². The smallest absolute Gasteiger partial charge is 0.409 e. The third-order valence-corrected chi connectivity index (χ3v) is 5.47. The fourth-order valence-corrected chi connectivity index (χ4v) is 3.94. The Bertz CT molecular complexity index is 956. The van der Waals surface area contributed by atoms with Gasteiger partial charge in [-0.3, -0.25) is 4.79 Å². The number of hydrogen-bond donors (Lipinski definition) is 0. The van der Waals surface area contributed by atoms with E-state index in [0.717, 1.165) is 6.07 Å². The van der Waals surface area contributed by atoms with Crippen LogP contribution in [-0.4, -0.2) is 59.5 Å². The lowest BCUT2D eigenvalue weighted by atomic mass is 9.82. The van der Waals surface area contributed by atoms with Crippen LogP contribution in [0.3, 0.4) is 0 Å². The lowest BCUT2D eigenvalue weighted by Gasteiger charge is -2.34. The van der Waals surface area contributed by atoms with Crippen LogP contribution >= 0.6 is 0 Å². The average Bonchev–Trinajstić information content (AvgIpc) is 2.73. The molecule has 1 aromatic carbocycles. The number of amides is 1. The molecule has 0 spiro atoms. The maximum absolute atomic E-state index is 13.6. The molecule has 1 aliphatic carbocycles. The fraction of sp³-hybridized carbons (Fsp3) is 0.429. The zero-order chi connectivity index (χ0) is 21.3. The highest BCUT2D eigenvalue weighted by atomic mass is 19.1. The Morgan fingerprint density at radius 1 is 1.13 bits per heavy atom. The quantitative estimate of drug-likeness (QED) is 0.766. The van der Waals surface area contributed by atoms with E-state index in [0.29, 0.717) is 62.0 Å². The van der Waals surface area contributed by atoms with Crippen LogP contribution in [-0.2, 0) is 11.2 Å². The maximum atomic E-state index is 13.6. The van der Waals surface area contributed by atoms with Crippen molar-refractivity contribution >= 4 is 17.8 Å². The number of Topliss-reactive ketones (excluding diaryl/α,β-unsaturated/α-hetero) is 1. The molecule has 7 nitrogen and oxygen atoms in total. The molecule has 158 valence electrons. The predicted octanol–water partition coefficient (Wildman–Crippen LogP) is 2.95. The van der Waals surface area contributed by atoms with Crippen molar-refractivity contribution in [3.05, 3.63) is 52.9 Å². The number of rotatable bonds is 3. The number of carbonyl (C=O) groups excluding carboxylic acids is 2.